The summed E-state index contributed by atoms with van der Waals surface area (Å²) in [5.41, 5.74) is 0.388. The minimum absolute atomic E-state index is 0.325. The second kappa shape index (κ2) is 4.56. The van der Waals surface area contributed by atoms with Crippen molar-refractivity contribution in [2.24, 2.45) is 0 Å². The summed E-state index contributed by atoms with van der Waals surface area (Å²) in [7, 11) is 0. The van der Waals surface area contributed by atoms with E-state index in [9.17, 15) is 4.79 Å². The number of hydrogen-bond donors (Lipinski definition) is 1. The number of aliphatic carboxylic acids is 1. The first kappa shape index (κ1) is 12.6. The lowest BCUT2D eigenvalue weighted by atomic mass is 10.00. The van der Waals surface area contributed by atoms with Crippen LogP contribution in [0.2, 0.25) is 0 Å². The Morgan fingerprint density at radius 3 is 2.38 bits per heavy atom. The van der Waals surface area contributed by atoms with E-state index in [2.05, 4.69) is 0 Å². The molecule has 88 valence electrons. The normalized spacial score (nSPS) is 13.2. The molecule has 0 spiro atoms. The molecule has 0 saturated heterocycles. The van der Waals surface area contributed by atoms with Crippen LogP contribution in [0.25, 0.3) is 0 Å². The van der Waals surface area contributed by atoms with Gasteiger partial charge in [-0.3, -0.25) is 4.79 Å². The van der Waals surface area contributed by atoms with Crippen molar-refractivity contribution in [3.63, 3.8) is 0 Å². The Morgan fingerprint density at radius 2 is 1.88 bits per heavy atom. The van der Waals surface area contributed by atoms with Gasteiger partial charge in [0.2, 0.25) is 0 Å². The summed E-state index contributed by atoms with van der Waals surface area (Å²) in [6.45, 7) is 7.48. The zero-order valence-corrected chi connectivity index (χ0v) is 10.2. The number of ether oxygens (including phenoxy) is 1. The molecule has 1 rings (SSSR count). The summed E-state index contributed by atoms with van der Waals surface area (Å²) < 4.78 is 5.74. The topological polar surface area (TPSA) is 46.5 Å². The minimum atomic E-state index is -0.843. The third-order valence-electron chi connectivity index (χ3n) is 2.17. The first-order chi connectivity index (χ1) is 7.31. The Morgan fingerprint density at radius 1 is 1.31 bits per heavy atom. The van der Waals surface area contributed by atoms with Gasteiger partial charge in [-0.1, -0.05) is 18.2 Å². The van der Waals surface area contributed by atoms with Crippen molar-refractivity contribution >= 4 is 5.97 Å². The average molecular weight is 222 g/mol. The smallest absolute Gasteiger partial charge is 0.310 e. The maximum Gasteiger partial charge on any atom is 0.310 e. The Balaban J connectivity index is 3.05. The molecule has 0 bridgehead atoms. The quantitative estimate of drug-likeness (QED) is 0.855. The lowest BCUT2D eigenvalue weighted by Crippen LogP contribution is -2.24. The number of carbonyl (C=O) groups is 1. The highest BCUT2D eigenvalue weighted by Crippen LogP contribution is 2.29. The number of para-hydroxylation sites is 1. The second-order valence-electron chi connectivity index (χ2n) is 4.81. The fourth-order valence-electron chi connectivity index (χ4n) is 1.39. The summed E-state index contributed by atoms with van der Waals surface area (Å²) >= 11 is 0. The molecule has 0 radical (unpaired) electrons. The van der Waals surface area contributed by atoms with Crippen molar-refractivity contribution in [1.82, 2.24) is 0 Å². The van der Waals surface area contributed by atoms with E-state index in [-0.39, 0.29) is 5.60 Å². The predicted molar refractivity (Wildman–Crippen MR) is 62.9 cm³/mol. The van der Waals surface area contributed by atoms with Gasteiger partial charge >= 0.3 is 5.97 Å². The summed E-state index contributed by atoms with van der Waals surface area (Å²) in [5, 5.41) is 9.00. The number of rotatable bonds is 3. The first-order valence-electron chi connectivity index (χ1n) is 5.32. The van der Waals surface area contributed by atoms with Gasteiger partial charge in [0, 0.05) is 5.56 Å². The summed E-state index contributed by atoms with van der Waals surface area (Å²) in [4.78, 5) is 11.0. The van der Waals surface area contributed by atoms with Gasteiger partial charge in [-0.05, 0) is 33.8 Å². The molecule has 16 heavy (non-hydrogen) atoms. The molecule has 1 N–H and O–H groups in total. The number of benzene rings is 1. The predicted octanol–water partition coefficient (Wildman–Crippen LogP) is 3.05. The molecule has 3 heteroatoms. The monoisotopic (exact) mass is 222 g/mol. The maximum absolute atomic E-state index is 11.0. The maximum atomic E-state index is 11.0. The van der Waals surface area contributed by atoms with Crippen LogP contribution in [0.15, 0.2) is 24.3 Å². The highest BCUT2D eigenvalue weighted by atomic mass is 16.5. The van der Waals surface area contributed by atoms with Gasteiger partial charge in [-0.2, -0.15) is 0 Å². The van der Waals surface area contributed by atoms with E-state index in [1.165, 1.54) is 0 Å². The van der Waals surface area contributed by atoms with Gasteiger partial charge in [0.25, 0.3) is 0 Å². The molecule has 1 aromatic carbocycles. The van der Waals surface area contributed by atoms with E-state index in [1.807, 2.05) is 32.9 Å². The number of carboxylic acids is 1. The molecule has 3 nitrogen and oxygen atoms in total. The van der Waals surface area contributed by atoms with Crippen molar-refractivity contribution < 1.29 is 14.6 Å². The van der Waals surface area contributed by atoms with E-state index < -0.39 is 11.9 Å². The lowest BCUT2D eigenvalue weighted by molar-refractivity contribution is -0.138. The van der Waals surface area contributed by atoms with Crippen LogP contribution < -0.4 is 4.74 Å². The molecule has 0 aromatic heterocycles. The van der Waals surface area contributed by atoms with Gasteiger partial charge in [0.1, 0.15) is 11.4 Å². The molecule has 0 aliphatic carbocycles. The van der Waals surface area contributed by atoms with Crippen LogP contribution >= 0.6 is 0 Å². The second-order valence-corrected chi connectivity index (χ2v) is 4.81. The van der Waals surface area contributed by atoms with E-state index >= 15 is 0 Å². The largest absolute Gasteiger partial charge is 0.488 e. The summed E-state index contributed by atoms with van der Waals surface area (Å²) in [6.07, 6.45) is 0. The fraction of sp³-hybridized carbons (Fsp3) is 0.462. The first-order valence-corrected chi connectivity index (χ1v) is 5.32. The Kier molecular flexibility index (Phi) is 3.58. The fourth-order valence-corrected chi connectivity index (χ4v) is 1.39. The number of carboxylic acid groups (broad SMARTS) is 1. The molecule has 1 atom stereocenters. The van der Waals surface area contributed by atoms with E-state index in [1.54, 1.807) is 19.1 Å². The summed E-state index contributed by atoms with van der Waals surface area (Å²) in [6, 6.07) is 7.27. The van der Waals surface area contributed by atoms with Crippen molar-refractivity contribution in [2.45, 2.75) is 39.2 Å². The highest BCUT2D eigenvalue weighted by Gasteiger charge is 2.20. The van der Waals surface area contributed by atoms with Crippen molar-refractivity contribution in [3.05, 3.63) is 29.8 Å². The SMILES string of the molecule is CC(C(=O)O)c1ccccc1OC(C)(C)C. The summed E-state index contributed by atoms with van der Waals surface area (Å²) in [5.74, 6) is -0.756. The van der Waals surface area contributed by atoms with Crippen LogP contribution in [0, 0.1) is 0 Å². The van der Waals surface area contributed by atoms with Crippen LogP contribution in [0.1, 0.15) is 39.2 Å². The van der Waals surface area contributed by atoms with E-state index in [0.29, 0.717) is 11.3 Å². The Bertz CT molecular complexity index is 377. The third-order valence-corrected chi connectivity index (χ3v) is 2.17. The molecular weight excluding hydrogens is 204 g/mol. The molecule has 0 aliphatic heterocycles. The minimum Gasteiger partial charge on any atom is -0.488 e. The molecule has 1 aromatic rings. The van der Waals surface area contributed by atoms with Gasteiger partial charge < -0.3 is 9.84 Å². The van der Waals surface area contributed by atoms with Crippen LogP contribution in [-0.2, 0) is 4.79 Å². The van der Waals surface area contributed by atoms with Crippen molar-refractivity contribution in [3.8, 4) is 5.75 Å². The van der Waals surface area contributed by atoms with Crippen molar-refractivity contribution in [1.29, 1.82) is 0 Å². The van der Waals surface area contributed by atoms with Crippen LogP contribution in [0.5, 0.6) is 5.75 Å². The van der Waals surface area contributed by atoms with Crippen LogP contribution in [-0.4, -0.2) is 16.7 Å². The van der Waals surface area contributed by atoms with Gasteiger partial charge in [-0.25, -0.2) is 0 Å². The van der Waals surface area contributed by atoms with E-state index in [0.717, 1.165) is 0 Å². The Hall–Kier alpha value is -1.51. The van der Waals surface area contributed by atoms with Gasteiger partial charge in [0.05, 0.1) is 5.92 Å². The third kappa shape index (κ3) is 3.26. The zero-order valence-electron chi connectivity index (χ0n) is 10.2. The molecule has 0 aliphatic rings. The Labute approximate surface area is 96.1 Å². The molecule has 0 amide bonds. The highest BCUT2D eigenvalue weighted by molar-refractivity contribution is 5.76. The van der Waals surface area contributed by atoms with Crippen LogP contribution in [0.4, 0.5) is 0 Å². The lowest BCUT2D eigenvalue weighted by Gasteiger charge is -2.24. The van der Waals surface area contributed by atoms with Crippen LogP contribution in [0.3, 0.4) is 0 Å². The molecule has 0 fully saturated rings. The van der Waals surface area contributed by atoms with Gasteiger partial charge in [-0.15, -0.1) is 0 Å². The molecule has 0 saturated carbocycles. The average Bonchev–Trinajstić information content (AvgIpc) is 2.15. The van der Waals surface area contributed by atoms with Gasteiger partial charge in [0.15, 0.2) is 0 Å². The van der Waals surface area contributed by atoms with Crippen molar-refractivity contribution in [2.75, 3.05) is 0 Å². The molecule has 1 unspecified atom stereocenters. The molecular formula is C13H18O3. The zero-order chi connectivity index (χ0) is 12.3. The van der Waals surface area contributed by atoms with E-state index in [4.69, 9.17) is 9.84 Å². The standard InChI is InChI=1S/C13H18O3/c1-9(12(14)15)10-7-5-6-8-11(10)16-13(2,3)4/h5-9H,1-4H3,(H,14,15). The number of hydrogen-bond acceptors (Lipinski definition) is 2. The molecule has 0 heterocycles.